The third-order valence-corrected chi connectivity index (χ3v) is 6.91. The summed E-state index contributed by atoms with van der Waals surface area (Å²) in [6, 6.07) is 10.0. The molecule has 0 spiro atoms. The zero-order chi connectivity index (χ0) is 22.3. The summed E-state index contributed by atoms with van der Waals surface area (Å²) in [6.45, 7) is 2.13. The molecule has 0 aromatic heterocycles. The highest BCUT2D eigenvalue weighted by molar-refractivity contribution is 7.99. The van der Waals surface area contributed by atoms with Gasteiger partial charge in [0.15, 0.2) is 0 Å². The van der Waals surface area contributed by atoms with Crippen molar-refractivity contribution in [3.8, 4) is 0 Å². The third-order valence-electron chi connectivity index (χ3n) is 4.45. The Balaban J connectivity index is 2.13. The molecule has 2 aromatic carbocycles. The Labute approximate surface area is 201 Å². The van der Waals surface area contributed by atoms with Crippen LogP contribution >= 0.6 is 58.2 Å². The van der Waals surface area contributed by atoms with E-state index in [9.17, 15) is 9.59 Å². The maximum atomic E-state index is 13.1. The Morgan fingerprint density at radius 1 is 0.967 bits per heavy atom. The maximum Gasteiger partial charge on any atom is 0.242 e. The lowest BCUT2D eigenvalue weighted by Crippen LogP contribution is -2.48. The predicted octanol–water partition coefficient (Wildman–Crippen LogP) is 6.09. The summed E-state index contributed by atoms with van der Waals surface area (Å²) in [4.78, 5) is 27.0. The van der Waals surface area contributed by atoms with Gasteiger partial charge in [0.1, 0.15) is 6.04 Å². The number of thioether (sulfide) groups is 1. The molecule has 0 aliphatic carbocycles. The Morgan fingerprint density at radius 2 is 1.53 bits per heavy atom. The van der Waals surface area contributed by atoms with Crippen LogP contribution in [0.25, 0.3) is 0 Å². The van der Waals surface area contributed by atoms with Gasteiger partial charge in [0, 0.05) is 19.3 Å². The van der Waals surface area contributed by atoms with Crippen LogP contribution in [0.2, 0.25) is 20.1 Å². The molecule has 2 aromatic rings. The second kappa shape index (κ2) is 12.1. The molecule has 9 heteroatoms. The Morgan fingerprint density at radius 3 is 2.07 bits per heavy atom. The lowest BCUT2D eigenvalue weighted by atomic mass is 10.1. The van der Waals surface area contributed by atoms with Crippen molar-refractivity contribution in [2.75, 3.05) is 12.8 Å². The van der Waals surface area contributed by atoms with Crippen LogP contribution in [-0.2, 0) is 21.9 Å². The summed E-state index contributed by atoms with van der Waals surface area (Å²) in [5, 5.41) is 4.45. The number of carbonyl (C=O) groups excluding carboxylic acids is 2. The van der Waals surface area contributed by atoms with Crippen molar-refractivity contribution in [3.63, 3.8) is 0 Å². The number of likely N-dealkylation sites (N-methyl/N-ethyl adjacent to an activating group) is 1. The highest BCUT2D eigenvalue weighted by Crippen LogP contribution is 2.26. The zero-order valence-corrected chi connectivity index (χ0v) is 20.4. The van der Waals surface area contributed by atoms with Crippen LogP contribution in [0.1, 0.15) is 24.5 Å². The molecule has 1 unspecified atom stereocenters. The van der Waals surface area contributed by atoms with Gasteiger partial charge in [-0.25, -0.2) is 0 Å². The lowest BCUT2D eigenvalue weighted by Gasteiger charge is -2.30. The standard InChI is InChI=1S/C21H22Cl4N2O2S/c1-3-19(21(29)26-2)27(10-13-4-6-15(22)17(24)8-13)20(28)12-30-11-14-5-7-16(23)18(25)9-14/h4-9,19H,3,10-12H2,1-2H3,(H,26,29). The van der Waals surface area contributed by atoms with Crippen molar-refractivity contribution in [1.29, 1.82) is 0 Å². The molecule has 1 atom stereocenters. The number of hydrogen-bond donors (Lipinski definition) is 1. The number of amides is 2. The number of nitrogens with zero attached hydrogens (tertiary/aromatic N) is 1. The quantitative estimate of drug-likeness (QED) is 0.447. The third kappa shape index (κ3) is 6.96. The maximum absolute atomic E-state index is 13.1. The van der Waals surface area contributed by atoms with Gasteiger partial charge in [-0.2, -0.15) is 0 Å². The number of halogens is 4. The van der Waals surface area contributed by atoms with Crippen LogP contribution in [0.15, 0.2) is 36.4 Å². The van der Waals surface area contributed by atoms with Crippen molar-refractivity contribution in [3.05, 3.63) is 67.6 Å². The average Bonchev–Trinajstić information content (AvgIpc) is 2.72. The van der Waals surface area contributed by atoms with Crippen molar-refractivity contribution in [1.82, 2.24) is 10.2 Å². The van der Waals surface area contributed by atoms with Gasteiger partial charge in [0.05, 0.1) is 25.8 Å². The molecular formula is C21H22Cl4N2O2S. The largest absolute Gasteiger partial charge is 0.357 e. The van der Waals surface area contributed by atoms with Gasteiger partial charge in [-0.05, 0) is 41.8 Å². The molecule has 162 valence electrons. The van der Waals surface area contributed by atoms with Gasteiger partial charge in [-0.3, -0.25) is 9.59 Å². The molecule has 0 radical (unpaired) electrons. The van der Waals surface area contributed by atoms with Crippen molar-refractivity contribution >= 4 is 70.0 Å². The number of hydrogen-bond acceptors (Lipinski definition) is 3. The van der Waals surface area contributed by atoms with E-state index in [1.165, 1.54) is 11.8 Å². The van der Waals surface area contributed by atoms with Gasteiger partial charge < -0.3 is 10.2 Å². The van der Waals surface area contributed by atoms with Crippen molar-refractivity contribution in [2.45, 2.75) is 31.7 Å². The molecular weight excluding hydrogens is 486 g/mol. The second-order valence-corrected chi connectivity index (χ2v) is 9.16. The normalized spacial score (nSPS) is 11.8. The van der Waals surface area contributed by atoms with Crippen LogP contribution in [-0.4, -0.2) is 35.6 Å². The lowest BCUT2D eigenvalue weighted by molar-refractivity contribution is -0.139. The predicted molar refractivity (Wildman–Crippen MR) is 128 cm³/mol. The van der Waals surface area contributed by atoms with Crippen LogP contribution in [0.5, 0.6) is 0 Å². The van der Waals surface area contributed by atoms with E-state index in [1.54, 1.807) is 42.3 Å². The van der Waals surface area contributed by atoms with E-state index >= 15 is 0 Å². The van der Waals surface area contributed by atoms with Gasteiger partial charge in [0.2, 0.25) is 11.8 Å². The van der Waals surface area contributed by atoms with Gasteiger partial charge in [-0.15, -0.1) is 11.8 Å². The molecule has 0 aliphatic rings. The Bertz CT molecular complexity index is 911. The van der Waals surface area contributed by atoms with E-state index in [4.69, 9.17) is 46.4 Å². The van der Waals surface area contributed by atoms with E-state index in [-0.39, 0.29) is 24.1 Å². The molecule has 0 saturated carbocycles. The molecule has 2 amide bonds. The molecule has 0 bridgehead atoms. The number of benzene rings is 2. The second-order valence-electron chi connectivity index (χ2n) is 6.55. The summed E-state index contributed by atoms with van der Waals surface area (Å²) < 4.78 is 0. The first-order chi connectivity index (χ1) is 14.3. The minimum Gasteiger partial charge on any atom is -0.357 e. The first-order valence-electron chi connectivity index (χ1n) is 9.23. The SMILES string of the molecule is CCC(C(=O)NC)N(Cc1ccc(Cl)c(Cl)c1)C(=O)CSCc1ccc(Cl)c(Cl)c1. The topological polar surface area (TPSA) is 49.4 Å². The fraction of sp³-hybridized carbons (Fsp3) is 0.333. The Hall–Kier alpha value is -1.11. The van der Waals surface area contributed by atoms with E-state index in [2.05, 4.69) is 5.32 Å². The van der Waals surface area contributed by atoms with Crippen molar-refractivity contribution < 1.29 is 9.59 Å². The monoisotopic (exact) mass is 506 g/mol. The summed E-state index contributed by atoms with van der Waals surface area (Å²) in [5.41, 5.74) is 1.77. The van der Waals surface area contributed by atoms with Crippen LogP contribution < -0.4 is 5.32 Å². The molecule has 0 fully saturated rings. The molecule has 30 heavy (non-hydrogen) atoms. The highest BCUT2D eigenvalue weighted by Gasteiger charge is 2.28. The minimum atomic E-state index is -0.581. The molecule has 0 saturated heterocycles. The fourth-order valence-corrected chi connectivity index (χ4v) is 4.39. The van der Waals surface area contributed by atoms with E-state index in [1.807, 2.05) is 13.0 Å². The van der Waals surface area contributed by atoms with Crippen LogP contribution in [0, 0.1) is 0 Å². The fourth-order valence-electron chi connectivity index (χ4n) is 2.89. The highest BCUT2D eigenvalue weighted by atomic mass is 35.5. The minimum absolute atomic E-state index is 0.137. The molecule has 1 N–H and O–H groups in total. The summed E-state index contributed by atoms with van der Waals surface area (Å²) >= 11 is 25.6. The number of carbonyl (C=O) groups is 2. The van der Waals surface area contributed by atoms with E-state index in [0.717, 1.165) is 11.1 Å². The average molecular weight is 508 g/mol. The number of rotatable bonds is 9. The summed E-state index contributed by atoms with van der Waals surface area (Å²) in [6.07, 6.45) is 0.490. The van der Waals surface area contributed by atoms with E-state index in [0.29, 0.717) is 32.3 Å². The summed E-state index contributed by atoms with van der Waals surface area (Å²) in [5.74, 6) is 0.469. The smallest absolute Gasteiger partial charge is 0.242 e. The van der Waals surface area contributed by atoms with Gasteiger partial charge in [-0.1, -0.05) is 65.5 Å². The first kappa shape index (κ1) is 25.2. The summed E-state index contributed by atoms with van der Waals surface area (Å²) in [7, 11) is 1.56. The van der Waals surface area contributed by atoms with Crippen LogP contribution in [0.4, 0.5) is 0 Å². The van der Waals surface area contributed by atoms with E-state index < -0.39 is 6.04 Å². The van der Waals surface area contributed by atoms with Crippen LogP contribution in [0.3, 0.4) is 0 Å². The van der Waals surface area contributed by atoms with Crippen molar-refractivity contribution in [2.24, 2.45) is 0 Å². The molecule has 0 aliphatic heterocycles. The number of nitrogens with one attached hydrogen (secondary N) is 1. The molecule has 4 nitrogen and oxygen atoms in total. The van der Waals surface area contributed by atoms with Gasteiger partial charge in [0.25, 0.3) is 0 Å². The molecule has 2 rings (SSSR count). The zero-order valence-electron chi connectivity index (χ0n) is 16.6. The first-order valence-corrected chi connectivity index (χ1v) is 11.9. The Kier molecular flexibility index (Phi) is 10.1. The molecule has 0 heterocycles. The van der Waals surface area contributed by atoms with Gasteiger partial charge >= 0.3 is 0 Å².